The summed E-state index contributed by atoms with van der Waals surface area (Å²) in [5.41, 5.74) is 0. The third-order valence-electron chi connectivity index (χ3n) is 2.46. The van der Waals surface area contributed by atoms with Crippen LogP contribution >= 0.6 is 0 Å². The number of hydrogen-bond acceptors (Lipinski definition) is 4. The van der Waals surface area contributed by atoms with Gasteiger partial charge in [-0.15, -0.1) is 0 Å². The zero-order valence-corrected chi connectivity index (χ0v) is 7.03. The summed E-state index contributed by atoms with van der Waals surface area (Å²) in [7, 11) is 0. The Morgan fingerprint density at radius 3 is 3.00 bits per heavy atom. The summed E-state index contributed by atoms with van der Waals surface area (Å²) in [6, 6.07) is 0. The van der Waals surface area contributed by atoms with Gasteiger partial charge in [0.05, 0.1) is 13.2 Å². The average Bonchev–Trinajstić information content (AvgIpc) is 2.75. The highest BCUT2D eigenvalue weighted by molar-refractivity contribution is 4.78. The van der Waals surface area contributed by atoms with Crippen LogP contribution in [0.1, 0.15) is 6.42 Å². The molecule has 3 unspecified atom stereocenters. The molecule has 0 saturated carbocycles. The molecule has 0 aliphatic carbocycles. The van der Waals surface area contributed by atoms with Gasteiger partial charge in [0.25, 0.3) is 0 Å². The standard InChI is InChI=1S/C8H15NO3/c10-4-7-5-11-8(12-7)6-1-2-9-3-6/h6-10H,1-5H2. The molecule has 2 aliphatic rings. The molecule has 4 nitrogen and oxygen atoms in total. The van der Waals surface area contributed by atoms with Crippen molar-refractivity contribution in [1.82, 2.24) is 5.32 Å². The minimum atomic E-state index is -0.101. The van der Waals surface area contributed by atoms with Crippen LogP contribution in [0.4, 0.5) is 0 Å². The molecular formula is C8H15NO3. The van der Waals surface area contributed by atoms with Gasteiger partial charge in [0.1, 0.15) is 6.10 Å². The molecule has 12 heavy (non-hydrogen) atoms. The lowest BCUT2D eigenvalue weighted by Gasteiger charge is -2.15. The molecule has 2 N–H and O–H groups in total. The quantitative estimate of drug-likeness (QED) is 0.581. The minimum Gasteiger partial charge on any atom is -0.394 e. The van der Waals surface area contributed by atoms with Crippen LogP contribution in [0.25, 0.3) is 0 Å². The molecule has 0 aromatic carbocycles. The van der Waals surface area contributed by atoms with Crippen molar-refractivity contribution < 1.29 is 14.6 Å². The van der Waals surface area contributed by atoms with E-state index in [1.807, 2.05) is 0 Å². The Kier molecular flexibility index (Phi) is 2.60. The van der Waals surface area contributed by atoms with E-state index in [4.69, 9.17) is 14.6 Å². The van der Waals surface area contributed by atoms with Gasteiger partial charge in [0, 0.05) is 12.5 Å². The van der Waals surface area contributed by atoms with Gasteiger partial charge in [-0.25, -0.2) is 0 Å². The summed E-state index contributed by atoms with van der Waals surface area (Å²) in [4.78, 5) is 0. The summed E-state index contributed by atoms with van der Waals surface area (Å²) >= 11 is 0. The lowest BCUT2D eigenvalue weighted by atomic mass is 10.1. The summed E-state index contributed by atoms with van der Waals surface area (Å²) in [5.74, 6) is 0.474. The molecule has 3 atom stereocenters. The van der Waals surface area contributed by atoms with Crippen molar-refractivity contribution in [1.29, 1.82) is 0 Å². The Labute approximate surface area is 71.9 Å². The first-order valence-electron chi connectivity index (χ1n) is 4.49. The van der Waals surface area contributed by atoms with Crippen LogP contribution in [0.5, 0.6) is 0 Å². The van der Waals surface area contributed by atoms with E-state index >= 15 is 0 Å². The van der Waals surface area contributed by atoms with E-state index in [-0.39, 0.29) is 19.0 Å². The summed E-state index contributed by atoms with van der Waals surface area (Å²) in [6.45, 7) is 2.63. The molecule has 0 amide bonds. The van der Waals surface area contributed by atoms with Gasteiger partial charge < -0.3 is 19.9 Å². The smallest absolute Gasteiger partial charge is 0.162 e. The van der Waals surface area contributed by atoms with Crippen molar-refractivity contribution in [3.05, 3.63) is 0 Å². The third-order valence-corrected chi connectivity index (χ3v) is 2.46. The predicted octanol–water partition coefficient (Wildman–Crippen LogP) is -0.670. The Morgan fingerprint density at radius 1 is 1.50 bits per heavy atom. The van der Waals surface area contributed by atoms with Crippen LogP contribution in [0.3, 0.4) is 0 Å². The zero-order chi connectivity index (χ0) is 8.39. The first kappa shape index (κ1) is 8.44. The van der Waals surface area contributed by atoms with Crippen LogP contribution < -0.4 is 5.32 Å². The highest BCUT2D eigenvalue weighted by Crippen LogP contribution is 2.23. The van der Waals surface area contributed by atoms with Crippen molar-refractivity contribution >= 4 is 0 Å². The molecule has 2 fully saturated rings. The second-order valence-electron chi connectivity index (χ2n) is 3.40. The number of nitrogens with one attached hydrogen (secondary N) is 1. The molecule has 0 bridgehead atoms. The van der Waals surface area contributed by atoms with Gasteiger partial charge in [0.2, 0.25) is 0 Å². The molecule has 4 heteroatoms. The lowest BCUT2D eigenvalue weighted by Crippen LogP contribution is -2.25. The van der Waals surface area contributed by atoms with Gasteiger partial charge in [0.15, 0.2) is 6.29 Å². The van der Waals surface area contributed by atoms with Gasteiger partial charge in [-0.05, 0) is 13.0 Å². The van der Waals surface area contributed by atoms with Gasteiger partial charge in [-0.1, -0.05) is 0 Å². The Morgan fingerprint density at radius 2 is 2.42 bits per heavy atom. The highest BCUT2D eigenvalue weighted by atomic mass is 16.7. The number of aliphatic hydroxyl groups excluding tert-OH is 1. The van der Waals surface area contributed by atoms with Crippen molar-refractivity contribution in [2.24, 2.45) is 5.92 Å². The van der Waals surface area contributed by atoms with Gasteiger partial charge >= 0.3 is 0 Å². The van der Waals surface area contributed by atoms with E-state index in [0.29, 0.717) is 12.5 Å². The second kappa shape index (κ2) is 3.70. The summed E-state index contributed by atoms with van der Waals surface area (Å²) < 4.78 is 10.9. The van der Waals surface area contributed by atoms with Crippen molar-refractivity contribution in [2.75, 3.05) is 26.3 Å². The van der Waals surface area contributed by atoms with E-state index in [1.54, 1.807) is 0 Å². The molecule has 2 saturated heterocycles. The van der Waals surface area contributed by atoms with E-state index in [0.717, 1.165) is 19.5 Å². The maximum absolute atomic E-state index is 8.81. The summed E-state index contributed by atoms with van der Waals surface area (Å²) in [5, 5.41) is 12.1. The highest BCUT2D eigenvalue weighted by Gasteiger charge is 2.33. The van der Waals surface area contributed by atoms with Crippen molar-refractivity contribution in [3.63, 3.8) is 0 Å². The Hall–Kier alpha value is -0.160. The number of hydrogen-bond donors (Lipinski definition) is 2. The molecule has 2 aliphatic heterocycles. The minimum absolute atomic E-state index is 0.0661. The lowest BCUT2D eigenvalue weighted by molar-refractivity contribution is -0.0966. The van der Waals surface area contributed by atoms with Crippen LogP contribution in [0.2, 0.25) is 0 Å². The predicted molar refractivity (Wildman–Crippen MR) is 42.7 cm³/mol. The molecule has 2 heterocycles. The average molecular weight is 173 g/mol. The van der Waals surface area contributed by atoms with E-state index < -0.39 is 0 Å². The Balaban J connectivity index is 1.81. The largest absolute Gasteiger partial charge is 0.394 e. The monoisotopic (exact) mass is 173 g/mol. The van der Waals surface area contributed by atoms with E-state index in [1.165, 1.54) is 0 Å². The Bertz CT molecular complexity index is 147. The molecule has 0 radical (unpaired) electrons. The zero-order valence-electron chi connectivity index (χ0n) is 7.03. The molecule has 0 aromatic rings. The normalized spacial score (nSPS) is 42.2. The van der Waals surface area contributed by atoms with Crippen LogP contribution in [0, 0.1) is 5.92 Å². The topological polar surface area (TPSA) is 50.7 Å². The van der Waals surface area contributed by atoms with Crippen LogP contribution in [-0.4, -0.2) is 43.8 Å². The third kappa shape index (κ3) is 1.61. The molecule has 70 valence electrons. The maximum Gasteiger partial charge on any atom is 0.162 e. The number of ether oxygens (including phenoxy) is 2. The maximum atomic E-state index is 8.81. The van der Waals surface area contributed by atoms with Gasteiger partial charge in [-0.2, -0.15) is 0 Å². The molecule has 0 spiro atoms. The van der Waals surface area contributed by atoms with E-state index in [9.17, 15) is 0 Å². The van der Waals surface area contributed by atoms with Crippen molar-refractivity contribution in [2.45, 2.75) is 18.8 Å². The van der Waals surface area contributed by atoms with Gasteiger partial charge in [-0.3, -0.25) is 0 Å². The number of aliphatic hydroxyl groups is 1. The first-order chi connectivity index (χ1) is 5.90. The molecule has 0 aromatic heterocycles. The summed E-state index contributed by atoms with van der Waals surface area (Å²) in [6.07, 6.45) is 0.927. The molecular weight excluding hydrogens is 158 g/mol. The molecule has 2 rings (SSSR count). The SMILES string of the molecule is OCC1COC(C2CCNC2)O1. The fourth-order valence-corrected chi connectivity index (χ4v) is 1.72. The first-order valence-corrected chi connectivity index (χ1v) is 4.49. The number of rotatable bonds is 2. The fraction of sp³-hybridized carbons (Fsp3) is 1.00. The van der Waals surface area contributed by atoms with Crippen molar-refractivity contribution in [3.8, 4) is 0 Å². The second-order valence-corrected chi connectivity index (χ2v) is 3.40. The van der Waals surface area contributed by atoms with Crippen LogP contribution in [0.15, 0.2) is 0 Å². The van der Waals surface area contributed by atoms with Crippen LogP contribution in [-0.2, 0) is 9.47 Å². The fourth-order valence-electron chi connectivity index (χ4n) is 1.72. The van der Waals surface area contributed by atoms with E-state index in [2.05, 4.69) is 5.32 Å².